The van der Waals surface area contributed by atoms with E-state index in [4.69, 9.17) is 0 Å². The highest BCUT2D eigenvalue weighted by Gasteiger charge is 2.06. The first-order valence-corrected chi connectivity index (χ1v) is 6.98. The number of carbonyl (C=O) groups excluding carboxylic acids is 1. The third-order valence-electron chi connectivity index (χ3n) is 2.33. The van der Waals surface area contributed by atoms with Crippen LogP contribution in [0.3, 0.4) is 0 Å². The highest BCUT2D eigenvalue weighted by molar-refractivity contribution is 7.99. The Kier molecular flexibility index (Phi) is 5.61. The van der Waals surface area contributed by atoms with Crippen LogP contribution in [0.1, 0.15) is 36.7 Å². The van der Waals surface area contributed by atoms with E-state index >= 15 is 0 Å². The number of rotatable bonds is 6. The molecule has 0 N–H and O–H groups in total. The van der Waals surface area contributed by atoms with Crippen LogP contribution in [0.25, 0.3) is 0 Å². The summed E-state index contributed by atoms with van der Waals surface area (Å²) in [5.74, 6) is 2.48. The summed E-state index contributed by atoms with van der Waals surface area (Å²) >= 11 is 1.68. The summed E-state index contributed by atoms with van der Waals surface area (Å²) in [4.78, 5) is 11.8. The van der Waals surface area contributed by atoms with Gasteiger partial charge in [-0.2, -0.15) is 11.8 Å². The molecule has 0 unspecified atom stereocenters. The first-order valence-electron chi connectivity index (χ1n) is 5.83. The fourth-order valence-corrected chi connectivity index (χ4v) is 2.18. The minimum Gasteiger partial charge on any atom is -0.293 e. The van der Waals surface area contributed by atoms with Crippen LogP contribution in [-0.4, -0.2) is 17.3 Å². The van der Waals surface area contributed by atoms with E-state index < -0.39 is 0 Å². The normalized spacial score (nSPS) is 10.8. The summed E-state index contributed by atoms with van der Waals surface area (Å²) in [6, 6.07) is 8.05. The maximum atomic E-state index is 11.8. The van der Waals surface area contributed by atoms with Crippen LogP contribution in [0.4, 0.5) is 0 Å². The van der Waals surface area contributed by atoms with Gasteiger partial charge in [0.25, 0.3) is 0 Å². The van der Waals surface area contributed by atoms with Crippen molar-refractivity contribution < 1.29 is 4.79 Å². The molecule has 0 bridgehead atoms. The minimum absolute atomic E-state index is 0.248. The molecule has 0 aliphatic heterocycles. The van der Waals surface area contributed by atoms with Crippen molar-refractivity contribution >= 4 is 17.5 Å². The molecule has 1 rings (SSSR count). The van der Waals surface area contributed by atoms with Crippen molar-refractivity contribution in [3.63, 3.8) is 0 Å². The number of ketones is 1. The van der Waals surface area contributed by atoms with Gasteiger partial charge in [0, 0.05) is 5.56 Å². The largest absolute Gasteiger partial charge is 0.293 e. The predicted octanol–water partition coefficient (Wildman–Crippen LogP) is 3.82. The van der Waals surface area contributed by atoms with E-state index in [1.807, 2.05) is 18.2 Å². The first-order chi connectivity index (χ1) is 7.63. The van der Waals surface area contributed by atoms with Crippen molar-refractivity contribution in [1.29, 1.82) is 0 Å². The van der Waals surface area contributed by atoms with Gasteiger partial charge in [0.1, 0.15) is 0 Å². The van der Waals surface area contributed by atoms with Crippen LogP contribution < -0.4 is 0 Å². The third-order valence-corrected chi connectivity index (χ3v) is 3.20. The molecule has 0 amide bonds. The SMILES string of the molecule is CCSCC(=O)c1cccc(CC(C)C)c1. The smallest absolute Gasteiger partial charge is 0.172 e. The molecule has 0 heterocycles. The van der Waals surface area contributed by atoms with Crippen molar-refractivity contribution in [2.45, 2.75) is 27.2 Å². The van der Waals surface area contributed by atoms with E-state index in [2.05, 4.69) is 26.8 Å². The molecule has 0 saturated heterocycles. The van der Waals surface area contributed by atoms with Crippen LogP contribution in [0.2, 0.25) is 0 Å². The molecular formula is C14H20OS. The van der Waals surface area contributed by atoms with E-state index in [-0.39, 0.29) is 5.78 Å². The van der Waals surface area contributed by atoms with Crippen molar-refractivity contribution in [3.8, 4) is 0 Å². The molecular weight excluding hydrogens is 216 g/mol. The van der Waals surface area contributed by atoms with E-state index in [1.165, 1.54) is 5.56 Å². The Morgan fingerprint density at radius 1 is 1.38 bits per heavy atom. The van der Waals surface area contributed by atoms with Gasteiger partial charge in [0.15, 0.2) is 5.78 Å². The van der Waals surface area contributed by atoms with Gasteiger partial charge < -0.3 is 0 Å². The number of thioether (sulfide) groups is 1. The zero-order valence-electron chi connectivity index (χ0n) is 10.3. The minimum atomic E-state index is 0.248. The Morgan fingerprint density at radius 3 is 2.75 bits per heavy atom. The highest BCUT2D eigenvalue weighted by atomic mass is 32.2. The van der Waals surface area contributed by atoms with Gasteiger partial charge in [-0.05, 0) is 29.7 Å². The average Bonchev–Trinajstić information content (AvgIpc) is 2.25. The predicted molar refractivity (Wildman–Crippen MR) is 72.3 cm³/mol. The Balaban J connectivity index is 2.69. The number of hydrogen-bond acceptors (Lipinski definition) is 2. The van der Waals surface area contributed by atoms with Crippen molar-refractivity contribution in [1.82, 2.24) is 0 Å². The van der Waals surface area contributed by atoms with Gasteiger partial charge >= 0.3 is 0 Å². The summed E-state index contributed by atoms with van der Waals surface area (Å²) in [6.07, 6.45) is 1.04. The first kappa shape index (κ1) is 13.3. The molecule has 0 radical (unpaired) electrons. The second-order valence-electron chi connectivity index (χ2n) is 4.36. The van der Waals surface area contributed by atoms with Crippen LogP contribution in [0.5, 0.6) is 0 Å². The Bertz CT molecular complexity index is 344. The van der Waals surface area contributed by atoms with Crippen molar-refractivity contribution in [3.05, 3.63) is 35.4 Å². The topological polar surface area (TPSA) is 17.1 Å². The fraction of sp³-hybridized carbons (Fsp3) is 0.500. The molecule has 0 saturated carbocycles. The molecule has 1 nitrogen and oxygen atoms in total. The molecule has 88 valence electrons. The summed E-state index contributed by atoms with van der Waals surface area (Å²) in [5.41, 5.74) is 2.13. The summed E-state index contributed by atoms with van der Waals surface area (Å²) in [6.45, 7) is 6.47. The quantitative estimate of drug-likeness (QED) is 0.698. The Hall–Kier alpha value is -0.760. The molecule has 16 heavy (non-hydrogen) atoms. The Morgan fingerprint density at radius 2 is 2.12 bits per heavy atom. The van der Waals surface area contributed by atoms with Gasteiger partial charge in [0.05, 0.1) is 5.75 Å². The monoisotopic (exact) mass is 236 g/mol. The second kappa shape index (κ2) is 6.74. The van der Waals surface area contributed by atoms with Crippen LogP contribution in [0, 0.1) is 5.92 Å². The van der Waals surface area contributed by atoms with Crippen molar-refractivity contribution in [2.24, 2.45) is 5.92 Å². The van der Waals surface area contributed by atoms with Crippen LogP contribution >= 0.6 is 11.8 Å². The van der Waals surface area contributed by atoms with Crippen LogP contribution in [0.15, 0.2) is 24.3 Å². The Labute approximate surface area is 103 Å². The van der Waals surface area contributed by atoms with Gasteiger partial charge in [-0.25, -0.2) is 0 Å². The number of carbonyl (C=O) groups is 1. The molecule has 0 fully saturated rings. The van der Waals surface area contributed by atoms with E-state index in [9.17, 15) is 4.79 Å². The summed E-state index contributed by atoms with van der Waals surface area (Å²) < 4.78 is 0. The number of benzene rings is 1. The fourth-order valence-electron chi connectivity index (χ4n) is 1.62. The van der Waals surface area contributed by atoms with Crippen LogP contribution in [-0.2, 0) is 6.42 Å². The zero-order valence-corrected chi connectivity index (χ0v) is 11.1. The second-order valence-corrected chi connectivity index (χ2v) is 5.63. The molecule has 1 aromatic rings. The maximum Gasteiger partial charge on any atom is 0.172 e. The van der Waals surface area contributed by atoms with E-state index in [0.29, 0.717) is 11.7 Å². The number of hydrogen-bond donors (Lipinski definition) is 0. The lowest BCUT2D eigenvalue weighted by atomic mass is 10.00. The lowest BCUT2D eigenvalue weighted by Gasteiger charge is -2.06. The van der Waals surface area contributed by atoms with Crippen molar-refractivity contribution in [2.75, 3.05) is 11.5 Å². The van der Waals surface area contributed by atoms with E-state index in [0.717, 1.165) is 17.7 Å². The molecule has 0 aliphatic carbocycles. The average molecular weight is 236 g/mol. The van der Waals surface area contributed by atoms with Gasteiger partial charge in [-0.15, -0.1) is 0 Å². The summed E-state index contributed by atoms with van der Waals surface area (Å²) in [7, 11) is 0. The summed E-state index contributed by atoms with van der Waals surface area (Å²) in [5, 5.41) is 0. The molecule has 0 aliphatic rings. The molecule has 0 aromatic heterocycles. The van der Waals surface area contributed by atoms with Gasteiger partial charge in [0.2, 0.25) is 0 Å². The number of Topliss-reactive ketones (excluding diaryl/α,β-unsaturated/α-hetero) is 1. The zero-order chi connectivity index (χ0) is 12.0. The van der Waals surface area contributed by atoms with E-state index in [1.54, 1.807) is 11.8 Å². The molecule has 1 aromatic carbocycles. The lowest BCUT2D eigenvalue weighted by Crippen LogP contribution is -2.04. The maximum absolute atomic E-state index is 11.8. The third kappa shape index (κ3) is 4.40. The lowest BCUT2D eigenvalue weighted by molar-refractivity contribution is 0.102. The van der Waals surface area contributed by atoms with Gasteiger partial charge in [-0.3, -0.25) is 4.79 Å². The molecule has 0 atom stereocenters. The molecule has 0 spiro atoms. The highest BCUT2D eigenvalue weighted by Crippen LogP contribution is 2.13. The van der Waals surface area contributed by atoms with Gasteiger partial charge in [-0.1, -0.05) is 39.0 Å². The standard InChI is InChI=1S/C14H20OS/c1-4-16-10-14(15)13-7-5-6-12(9-13)8-11(2)3/h5-7,9,11H,4,8,10H2,1-3H3. The molecule has 2 heteroatoms.